The van der Waals surface area contributed by atoms with Gasteiger partial charge in [0.25, 0.3) is 0 Å². The summed E-state index contributed by atoms with van der Waals surface area (Å²) in [5, 5.41) is 0. The standard InChI is InChI=1S/C16H27NO3.C3H8/c1-6-12(2)16(3,4)10-9-14(18)17-11-7-8-13(17)15(19)20-5;1-3-2/h6,12-13H,1,7-11H2,2-5H3;3H2,1-2H3. The van der Waals surface area contributed by atoms with Crippen LogP contribution in [0.5, 0.6) is 0 Å². The molecule has 2 unspecified atom stereocenters. The second kappa shape index (κ2) is 10.5. The molecule has 2 atom stereocenters. The van der Waals surface area contributed by atoms with Gasteiger partial charge in [-0.25, -0.2) is 4.79 Å². The maximum Gasteiger partial charge on any atom is 0.328 e. The van der Waals surface area contributed by atoms with Crippen LogP contribution in [0.4, 0.5) is 0 Å². The third kappa shape index (κ3) is 6.76. The van der Waals surface area contributed by atoms with Gasteiger partial charge in [-0.15, -0.1) is 6.58 Å². The Morgan fingerprint density at radius 1 is 1.39 bits per heavy atom. The molecule has 1 fully saturated rings. The molecule has 4 nitrogen and oxygen atoms in total. The van der Waals surface area contributed by atoms with E-state index in [-0.39, 0.29) is 23.3 Å². The van der Waals surface area contributed by atoms with E-state index in [9.17, 15) is 9.59 Å². The summed E-state index contributed by atoms with van der Waals surface area (Å²) in [6.07, 6.45) is 6.03. The highest BCUT2D eigenvalue weighted by Gasteiger charge is 2.35. The Labute approximate surface area is 142 Å². The SMILES string of the molecule is C=CC(C)C(C)(C)CCC(=O)N1CCCC1C(=O)OC.CCC. The fourth-order valence-corrected chi connectivity index (χ4v) is 2.57. The molecule has 0 aromatic rings. The van der Waals surface area contributed by atoms with Crippen LogP contribution in [0, 0.1) is 11.3 Å². The summed E-state index contributed by atoms with van der Waals surface area (Å²) in [7, 11) is 1.37. The Morgan fingerprint density at radius 3 is 2.43 bits per heavy atom. The highest BCUT2D eigenvalue weighted by molar-refractivity contribution is 5.85. The third-order valence-electron chi connectivity index (χ3n) is 4.62. The molecule has 1 aliphatic heterocycles. The average Bonchev–Trinajstić information content (AvgIpc) is 3.01. The number of ether oxygens (including phenoxy) is 1. The highest BCUT2D eigenvalue weighted by atomic mass is 16.5. The van der Waals surface area contributed by atoms with Crippen molar-refractivity contribution >= 4 is 11.9 Å². The lowest BCUT2D eigenvalue weighted by Crippen LogP contribution is -2.41. The summed E-state index contributed by atoms with van der Waals surface area (Å²) in [6, 6.07) is -0.382. The number of hydrogen-bond acceptors (Lipinski definition) is 3. The number of likely N-dealkylation sites (tertiary alicyclic amines) is 1. The van der Waals surface area contributed by atoms with Gasteiger partial charge >= 0.3 is 5.97 Å². The number of hydrogen-bond donors (Lipinski definition) is 0. The average molecular weight is 325 g/mol. The van der Waals surface area contributed by atoms with Gasteiger partial charge in [-0.05, 0) is 30.6 Å². The van der Waals surface area contributed by atoms with Gasteiger partial charge < -0.3 is 9.64 Å². The van der Waals surface area contributed by atoms with E-state index in [4.69, 9.17) is 4.74 Å². The van der Waals surface area contributed by atoms with Crippen molar-refractivity contribution in [3.63, 3.8) is 0 Å². The lowest BCUT2D eigenvalue weighted by atomic mass is 9.76. The number of carbonyl (C=O) groups excluding carboxylic acids is 2. The van der Waals surface area contributed by atoms with E-state index in [2.05, 4.69) is 41.2 Å². The highest BCUT2D eigenvalue weighted by Crippen LogP contribution is 2.33. The first kappa shape index (κ1) is 21.7. The van der Waals surface area contributed by atoms with Gasteiger partial charge in [0.15, 0.2) is 0 Å². The summed E-state index contributed by atoms with van der Waals surface area (Å²) >= 11 is 0. The molecule has 0 aliphatic carbocycles. The third-order valence-corrected chi connectivity index (χ3v) is 4.62. The van der Waals surface area contributed by atoms with Gasteiger partial charge in [0.05, 0.1) is 7.11 Å². The van der Waals surface area contributed by atoms with E-state index in [0.29, 0.717) is 25.3 Å². The van der Waals surface area contributed by atoms with Crippen molar-refractivity contribution in [2.45, 2.75) is 72.8 Å². The van der Waals surface area contributed by atoms with Crippen LogP contribution < -0.4 is 0 Å². The van der Waals surface area contributed by atoms with E-state index in [1.165, 1.54) is 13.5 Å². The number of esters is 1. The van der Waals surface area contributed by atoms with Crippen LogP contribution in [0.1, 0.15) is 66.7 Å². The van der Waals surface area contributed by atoms with Gasteiger partial charge in [-0.1, -0.05) is 47.1 Å². The van der Waals surface area contributed by atoms with Crippen LogP contribution >= 0.6 is 0 Å². The quantitative estimate of drug-likeness (QED) is 0.543. The number of rotatable bonds is 6. The van der Waals surface area contributed by atoms with Crippen molar-refractivity contribution in [2.24, 2.45) is 11.3 Å². The molecule has 1 amide bonds. The summed E-state index contributed by atoms with van der Waals surface area (Å²) < 4.78 is 4.77. The number of nitrogens with zero attached hydrogens (tertiary/aromatic N) is 1. The van der Waals surface area contributed by atoms with Gasteiger partial charge in [-0.2, -0.15) is 0 Å². The van der Waals surface area contributed by atoms with Crippen LogP contribution in [-0.2, 0) is 14.3 Å². The number of carbonyl (C=O) groups is 2. The van der Waals surface area contributed by atoms with Crippen LogP contribution in [0.3, 0.4) is 0 Å². The molecular formula is C19H35NO3. The second-order valence-corrected chi connectivity index (χ2v) is 6.99. The van der Waals surface area contributed by atoms with Gasteiger partial charge in [-0.3, -0.25) is 4.79 Å². The number of allylic oxidation sites excluding steroid dienone is 1. The van der Waals surface area contributed by atoms with Crippen molar-refractivity contribution < 1.29 is 14.3 Å². The number of amides is 1. The molecular weight excluding hydrogens is 290 g/mol. The Hall–Kier alpha value is -1.32. The van der Waals surface area contributed by atoms with Gasteiger partial charge in [0, 0.05) is 13.0 Å². The molecule has 1 aliphatic rings. The first-order valence-electron chi connectivity index (χ1n) is 8.74. The second-order valence-electron chi connectivity index (χ2n) is 6.99. The summed E-state index contributed by atoms with van der Waals surface area (Å²) in [6.45, 7) is 15.1. The molecule has 0 aromatic carbocycles. The first-order chi connectivity index (χ1) is 10.7. The largest absolute Gasteiger partial charge is 0.467 e. The van der Waals surface area contributed by atoms with Crippen molar-refractivity contribution in [3.8, 4) is 0 Å². The molecule has 134 valence electrons. The Morgan fingerprint density at radius 2 is 1.96 bits per heavy atom. The molecule has 0 spiro atoms. The summed E-state index contributed by atoms with van der Waals surface area (Å²) in [4.78, 5) is 25.7. The van der Waals surface area contributed by atoms with E-state index in [1.807, 2.05) is 6.08 Å². The molecule has 0 aromatic heterocycles. The maximum atomic E-state index is 12.3. The van der Waals surface area contributed by atoms with Crippen LogP contribution in [-0.4, -0.2) is 36.5 Å². The van der Waals surface area contributed by atoms with Crippen LogP contribution in [0.2, 0.25) is 0 Å². The van der Waals surface area contributed by atoms with Crippen molar-refractivity contribution in [3.05, 3.63) is 12.7 Å². The fourth-order valence-electron chi connectivity index (χ4n) is 2.57. The number of methoxy groups -OCH3 is 1. The minimum absolute atomic E-state index is 0.0396. The van der Waals surface area contributed by atoms with Crippen molar-refractivity contribution in [2.75, 3.05) is 13.7 Å². The molecule has 23 heavy (non-hydrogen) atoms. The Balaban J connectivity index is 0.00000149. The minimum Gasteiger partial charge on any atom is -0.467 e. The minimum atomic E-state index is -0.382. The first-order valence-corrected chi connectivity index (χ1v) is 8.74. The molecule has 1 saturated heterocycles. The van der Waals surface area contributed by atoms with Crippen molar-refractivity contribution in [1.82, 2.24) is 4.90 Å². The Kier molecular flexibility index (Phi) is 9.85. The smallest absolute Gasteiger partial charge is 0.328 e. The fraction of sp³-hybridized carbons (Fsp3) is 0.789. The molecule has 0 bridgehead atoms. The van der Waals surface area contributed by atoms with E-state index in [1.54, 1.807) is 4.90 Å². The Bertz CT molecular complexity index is 390. The van der Waals surface area contributed by atoms with Gasteiger partial charge in [0.1, 0.15) is 6.04 Å². The van der Waals surface area contributed by atoms with Gasteiger partial charge in [0.2, 0.25) is 5.91 Å². The molecule has 4 heteroatoms. The zero-order valence-corrected chi connectivity index (χ0v) is 15.9. The zero-order valence-electron chi connectivity index (χ0n) is 15.9. The van der Waals surface area contributed by atoms with Crippen LogP contribution in [0.25, 0.3) is 0 Å². The normalized spacial score (nSPS) is 18.7. The lowest BCUT2D eigenvalue weighted by molar-refractivity contribution is -0.151. The maximum absolute atomic E-state index is 12.3. The molecule has 1 rings (SSSR count). The predicted molar refractivity (Wildman–Crippen MR) is 95.1 cm³/mol. The van der Waals surface area contributed by atoms with Crippen LogP contribution in [0.15, 0.2) is 12.7 Å². The molecule has 0 N–H and O–H groups in total. The van der Waals surface area contributed by atoms with Crippen molar-refractivity contribution in [1.29, 1.82) is 0 Å². The molecule has 1 heterocycles. The topological polar surface area (TPSA) is 46.6 Å². The summed E-state index contributed by atoms with van der Waals surface area (Å²) in [5.41, 5.74) is 0.0396. The molecule has 0 radical (unpaired) electrons. The summed E-state index contributed by atoms with van der Waals surface area (Å²) in [5.74, 6) is 0.113. The molecule has 0 saturated carbocycles. The predicted octanol–water partition coefficient (Wildman–Crippen LogP) is 4.20. The van der Waals surface area contributed by atoms with E-state index >= 15 is 0 Å². The van der Waals surface area contributed by atoms with E-state index < -0.39 is 0 Å². The van der Waals surface area contributed by atoms with E-state index in [0.717, 1.165) is 12.8 Å². The zero-order chi connectivity index (χ0) is 18.0. The monoisotopic (exact) mass is 325 g/mol. The lowest BCUT2D eigenvalue weighted by Gasteiger charge is -2.31.